The summed E-state index contributed by atoms with van der Waals surface area (Å²) in [5, 5.41) is 13.8. The molecule has 2 heteroatoms. The molecule has 0 saturated heterocycles. The van der Waals surface area contributed by atoms with Crippen LogP contribution < -0.4 is 5.32 Å². The van der Waals surface area contributed by atoms with Gasteiger partial charge in [-0.05, 0) is 38.6 Å². The van der Waals surface area contributed by atoms with Gasteiger partial charge in [0.2, 0.25) is 0 Å². The van der Waals surface area contributed by atoms with E-state index in [0.29, 0.717) is 0 Å². The maximum atomic E-state index is 10.4. The third kappa shape index (κ3) is 7.05. The van der Waals surface area contributed by atoms with Gasteiger partial charge in [0.25, 0.3) is 0 Å². The van der Waals surface area contributed by atoms with Crippen LogP contribution in [0.25, 0.3) is 0 Å². The van der Waals surface area contributed by atoms with Gasteiger partial charge in [0.1, 0.15) is 5.72 Å². The molecule has 2 nitrogen and oxygen atoms in total. The summed E-state index contributed by atoms with van der Waals surface area (Å²) >= 11 is 0. The Morgan fingerprint density at radius 3 is 2.12 bits per heavy atom. The number of hydrogen-bond acceptors (Lipinski definition) is 2. The van der Waals surface area contributed by atoms with Crippen molar-refractivity contribution >= 4 is 0 Å². The first-order valence-electron chi connectivity index (χ1n) is 7.74. The molecular formula is C15H31NO. The lowest BCUT2D eigenvalue weighted by molar-refractivity contribution is -0.00906. The Morgan fingerprint density at radius 1 is 0.882 bits per heavy atom. The highest BCUT2D eigenvalue weighted by atomic mass is 16.3. The molecule has 0 radical (unpaired) electrons. The average molecular weight is 241 g/mol. The largest absolute Gasteiger partial charge is 0.376 e. The van der Waals surface area contributed by atoms with Gasteiger partial charge in [-0.15, -0.1) is 0 Å². The lowest BCUT2D eigenvalue weighted by Crippen LogP contribution is -2.45. The quantitative estimate of drug-likeness (QED) is 0.383. The summed E-state index contributed by atoms with van der Waals surface area (Å²) in [6, 6.07) is 0. The van der Waals surface area contributed by atoms with Gasteiger partial charge in [0, 0.05) is 0 Å². The van der Waals surface area contributed by atoms with Gasteiger partial charge in [0.15, 0.2) is 0 Å². The molecule has 1 aliphatic rings. The summed E-state index contributed by atoms with van der Waals surface area (Å²) in [5.41, 5.74) is -0.542. The molecule has 0 aromatic rings. The van der Waals surface area contributed by atoms with Gasteiger partial charge in [-0.25, -0.2) is 0 Å². The number of unbranched alkanes of at least 4 members (excludes halogenated alkanes) is 5. The van der Waals surface area contributed by atoms with Gasteiger partial charge < -0.3 is 5.11 Å². The third-order valence-corrected chi connectivity index (χ3v) is 3.92. The summed E-state index contributed by atoms with van der Waals surface area (Å²) in [4.78, 5) is 0. The highest BCUT2D eigenvalue weighted by Crippen LogP contribution is 2.24. The van der Waals surface area contributed by atoms with E-state index in [2.05, 4.69) is 12.2 Å². The maximum Gasteiger partial charge on any atom is 0.116 e. The lowest BCUT2D eigenvalue weighted by atomic mass is 10.0. The van der Waals surface area contributed by atoms with E-state index in [1.807, 2.05) is 0 Å². The van der Waals surface area contributed by atoms with Crippen molar-refractivity contribution in [3.63, 3.8) is 0 Å². The molecule has 17 heavy (non-hydrogen) atoms. The molecule has 1 rings (SSSR count). The van der Waals surface area contributed by atoms with Gasteiger partial charge in [0.05, 0.1) is 0 Å². The normalized spacial score (nSPS) is 20.1. The fourth-order valence-corrected chi connectivity index (χ4v) is 2.72. The van der Waals surface area contributed by atoms with Crippen LogP contribution >= 0.6 is 0 Å². The van der Waals surface area contributed by atoms with E-state index < -0.39 is 5.72 Å². The van der Waals surface area contributed by atoms with Crippen molar-refractivity contribution in [2.45, 2.75) is 89.7 Å². The minimum Gasteiger partial charge on any atom is -0.376 e. The first-order valence-corrected chi connectivity index (χ1v) is 7.74. The summed E-state index contributed by atoms with van der Waals surface area (Å²) in [7, 11) is 0. The number of nitrogens with one attached hydrogen (secondary N) is 1. The Labute approximate surface area is 107 Å². The van der Waals surface area contributed by atoms with Crippen molar-refractivity contribution in [1.29, 1.82) is 0 Å². The van der Waals surface area contributed by atoms with Crippen LogP contribution in [0.15, 0.2) is 0 Å². The Hall–Kier alpha value is -0.0800. The number of aliphatic hydroxyl groups is 1. The van der Waals surface area contributed by atoms with E-state index in [1.165, 1.54) is 64.2 Å². The van der Waals surface area contributed by atoms with Crippen molar-refractivity contribution in [3.05, 3.63) is 0 Å². The molecule has 1 saturated carbocycles. The predicted molar refractivity (Wildman–Crippen MR) is 74.0 cm³/mol. The van der Waals surface area contributed by atoms with Gasteiger partial charge in [-0.2, -0.15) is 0 Å². The topological polar surface area (TPSA) is 32.3 Å². The van der Waals surface area contributed by atoms with Crippen LogP contribution in [0.3, 0.4) is 0 Å². The zero-order valence-electron chi connectivity index (χ0n) is 11.6. The van der Waals surface area contributed by atoms with Crippen molar-refractivity contribution in [3.8, 4) is 0 Å². The second-order valence-electron chi connectivity index (χ2n) is 5.64. The van der Waals surface area contributed by atoms with E-state index in [-0.39, 0.29) is 0 Å². The first-order chi connectivity index (χ1) is 8.27. The standard InChI is InChI=1S/C15H31NO/c1-2-3-4-5-8-11-14-16-15(17)12-9-6-7-10-13-15/h16-17H,2-14H2,1H3. The van der Waals surface area contributed by atoms with Crippen molar-refractivity contribution < 1.29 is 5.11 Å². The van der Waals surface area contributed by atoms with Crippen LogP contribution in [0.2, 0.25) is 0 Å². The van der Waals surface area contributed by atoms with Crippen LogP contribution in [0, 0.1) is 0 Å². The smallest absolute Gasteiger partial charge is 0.116 e. The average Bonchev–Trinajstić information content (AvgIpc) is 2.53. The van der Waals surface area contributed by atoms with Crippen LogP contribution in [0.5, 0.6) is 0 Å². The zero-order chi connectivity index (χ0) is 12.4. The molecule has 0 atom stereocenters. The zero-order valence-corrected chi connectivity index (χ0v) is 11.6. The van der Waals surface area contributed by atoms with E-state index >= 15 is 0 Å². The predicted octanol–water partition coefficient (Wildman–Crippen LogP) is 3.98. The molecule has 0 unspecified atom stereocenters. The van der Waals surface area contributed by atoms with Crippen molar-refractivity contribution in [2.75, 3.05) is 6.54 Å². The van der Waals surface area contributed by atoms with Crippen LogP contribution in [-0.4, -0.2) is 17.4 Å². The lowest BCUT2D eigenvalue weighted by Gasteiger charge is -2.28. The molecule has 0 bridgehead atoms. The van der Waals surface area contributed by atoms with Crippen LogP contribution in [0.4, 0.5) is 0 Å². The Kier molecular flexibility index (Phi) is 7.87. The van der Waals surface area contributed by atoms with Crippen LogP contribution in [-0.2, 0) is 0 Å². The van der Waals surface area contributed by atoms with Gasteiger partial charge in [-0.1, -0.05) is 51.9 Å². The van der Waals surface area contributed by atoms with E-state index in [1.54, 1.807) is 0 Å². The molecule has 102 valence electrons. The maximum absolute atomic E-state index is 10.4. The molecule has 0 spiro atoms. The highest BCUT2D eigenvalue weighted by Gasteiger charge is 2.26. The fraction of sp³-hybridized carbons (Fsp3) is 1.00. The number of rotatable bonds is 8. The summed E-state index contributed by atoms with van der Waals surface area (Å²) in [6.45, 7) is 3.24. The van der Waals surface area contributed by atoms with E-state index in [0.717, 1.165) is 19.4 Å². The minimum absolute atomic E-state index is 0.542. The molecule has 2 N–H and O–H groups in total. The SMILES string of the molecule is CCCCCCCCNC1(O)CCCCCC1. The number of hydrogen-bond donors (Lipinski definition) is 2. The Bertz CT molecular complexity index is 174. The Balaban J connectivity index is 2.00. The van der Waals surface area contributed by atoms with Crippen LogP contribution in [0.1, 0.15) is 84.0 Å². The molecule has 0 amide bonds. The minimum atomic E-state index is -0.542. The van der Waals surface area contributed by atoms with Crippen molar-refractivity contribution in [2.24, 2.45) is 0 Å². The summed E-state index contributed by atoms with van der Waals surface area (Å²) in [6.07, 6.45) is 14.8. The van der Waals surface area contributed by atoms with Gasteiger partial charge in [-0.3, -0.25) is 5.32 Å². The summed E-state index contributed by atoms with van der Waals surface area (Å²) < 4.78 is 0. The summed E-state index contributed by atoms with van der Waals surface area (Å²) in [5.74, 6) is 0. The molecule has 0 aromatic heterocycles. The van der Waals surface area contributed by atoms with E-state index in [4.69, 9.17) is 0 Å². The molecular weight excluding hydrogens is 210 g/mol. The molecule has 0 heterocycles. The van der Waals surface area contributed by atoms with Gasteiger partial charge >= 0.3 is 0 Å². The van der Waals surface area contributed by atoms with E-state index in [9.17, 15) is 5.11 Å². The third-order valence-electron chi connectivity index (χ3n) is 3.92. The molecule has 0 aliphatic heterocycles. The first kappa shape index (κ1) is 15.0. The second kappa shape index (κ2) is 8.93. The highest BCUT2D eigenvalue weighted by molar-refractivity contribution is 4.78. The fourth-order valence-electron chi connectivity index (χ4n) is 2.72. The monoisotopic (exact) mass is 241 g/mol. The molecule has 0 aromatic carbocycles. The second-order valence-corrected chi connectivity index (χ2v) is 5.64. The molecule has 1 fully saturated rings. The van der Waals surface area contributed by atoms with Crippen molar-refractivity contribution in [1.82, 2.24) is 5.32 Å². The molecule has 1 aliphatic carbocycles. The Morgan fingerprint density at radius 2 is 1.47 bits per heavy atom.